The number of unbranched alkanes of at least 4 members (excludes halogenated alkanes) is 3. The molecule has 0 bridgehead atoms. The van der Waals surface area contributed by atoms with E-state index in [9.17, 15) is 14.7 Å². The molecule has 162 valence electrons. The van der Waals surface area contributed by atoms with E-state index < -0.39 is 5.60 Å². The van der Waals surface area contributed by atoms with Crippen molar-refractivity contribution in [3.8, 4) is 5.75 Å². The van der Waals surface area contributed by atoms with E-state index in [1.165, 1.54) is 7.11 Å². The van der Waals surface area contributed by atoms with E-state index in [-0.39, 0.29) is 18.4 Å². The number of nitrogens with zero attached hydrogens (tertiary/aromatic N) is 1. The van der Waals surface area contributed by atoms with Crippen LogP contribution in [0.15, 0.2) is 48.8 Å². The molecule has 2 N–H and O–H groups in total. The summed E-state index contributed by atoms with van der Waals surface area (Å²) >= 11 is 0. The fourth-order valence-electron chi connectivity index (χ4n) is 3.19. The molecule has 7 nitrogen and oxygen atoms in total. The van der Waals surface area contributed by atoms with Gasteiger partial charge in [-0.05, 0) is 48.2 Å². The summed E-state index contributed by atoms with van der Waals surface area (Å²) < 4.78 is 9.80. The summed E-state index contributed by atoms with van der Waals surface area (Å²) in [5.41, 5.74) is -0.0887. The normalized spacial score (nSPS) is 12.6. The lowest BCUT2D eigenvalue weighted by Gasteiger charge is -2.29. The number of carbonyl (C=O) groups is 2. The Kier molecular flexibility index (Phi) is 9.28. The Labute approximate surface area is 177 Å². The number of carbonyl (C=O) groups excluding carboxylic acids is 2. The number of ether oxygens (including phenoxy) is 2. The standard InChI is InChI=1S/C23H30N2O5/c1-29-20-11-9-18(10-12-20)23(28,19-13-15-24-16-14-19)17-25-21(26)7-5-3-4-6-8-22(27)30-2/h9-16,28H,3-8,17H2,1-2H3,(H,25,26). The van der Waals surface area contributed by atoms with E-state index >= 15 is 0 Å². The summed E-state index contributed by atoms with van der Waals surface area (Å²) in [7, 11) is 2.96. The van der Waals surface area contributed by atoms with Crippen LogP contribution in [0.4, 0.5) is 0 Å². The summed E-state index contributed by atoms with van der Waals surface area (Å²) in [6.07, 6.45) is 7.21. The van der Waals surface area contributed by atoms with E-state index in [4.69, 9.17) is 4.74 Å². The number of amides is 1. The minimum absolute atomic E-state index is 0.0461. The summed E-state index contributed by atoms with van der Waals surface area (Å²) in [6.45, 7) is 0.0461. The van der Waals surface area contributed by atoms with Crippen LogP contribution in [0, 0.1) is 0 Å². The van der Waals surface area contributed by atoms with Gasteiger partial charge >= 0.3 is 5.97 Å². The smallest absolute Gasteiger partial charge is 0.305 e. The fourth-order valence-corrected chi connectivity index (χ4v) is 3.19. The third kappa shape index (κ3) is 6.84. The predicted octanol–water partition coefficient (Wildman–Crippen LogP) is 2.96. The van der Waals surface area contributed by atoms with Crippen LogP contribution >= 0.6 is 0 Å². The Morgan fingerprint density at radius 1 is 0.933 bits per heavy atom. The van der Waals surface area contributed by atoms with Crippen molar-refractivity contribution in [3.05, 3.63) is 59.9 Å². The van der Waals surface area contributed by atoms with Gasteiger partial charge in [-0.1, -0.05) is 25.0 Å². The van der Waals surface area contributed by atoms with Gasteiger partial charge in [0, 0.05) is 25.2 Å². The number of esters is 1. The lowest BCUT2D eigenvalue weighted by molar-refractivity contribution is -0.140. The lowest BCUT2D eigenvalue weighted by atomic mass is 9.86. The fraction of sp³-hybridized carbons (Fsp3) is 0.435. The van der Waals surface area contributed by atoms with Gasteiger partial charge in [-0.15, -0.1) is 0 Å². The average Bonchev–Trinajstić information content (AvgIpc) is 2.80. The molecule has 0 fully saturated rings. The molecule has 1 aromatic heterocycles. The van der Waals surface area contributed by atoms with Crippen molar-refractivity contribution in [3.63, 3.8) is 0 Å². The zero-order valence-electron chi connectivity index (χ0n) is 17.6. The molecule has 7 heteroatoms. The number of rotatable bonds is 12. The zero-order valence-corrected chi connectivity index (χ0v) is 17.6. The molecule has 2 aromatic rings. The molecule has 0 radical (unpaired) electrons. The second-order valence-corrected chi connectivity index (χ2v) is 7.09. The average molecular weight is 415 g/mol. The Balaban J connectivity index is 1.92. The molecular formula is C23H30N2O5. The molecule has 0 aliphatic carbocycles. The number of aliphatic hydroxyl groups is 1. The first-order valence-corrected chi connectivity index (χ1v) is 10.1. The molecule has 1 aromatic carbocycles. The third-order valence-electron chi connectivity index (χ3n) is 5.03. The number of hydrogen-bond acceptors (Lipinski definition) is 6. The Morgan fingerprint density at radius 2 is 1.53 bits per heavy atom. The summed E-state index contributed by atoms with van der Waals surface area (Å²) in [6, 6.07) is 10.6. The van der Waals surface area contributed by atoms with E-state index in [2.05, 4.69) is 15.0 Å². The van der Waals surface area contributed by atoms with Gasteiger partial charge in [0.25, 0.3) is 0 Å². The minimum atomic E-state index is -1.38. The molecule has 0 aliphatic heterocycles. The molecular weight excluding hydrogens is 384 g/mol. The minimum Gasteiger partial charge on any atom is -0.497 e. The van der Waals surface area contributed by atoms with Gasteiger partial charge in [0.2, 0.25) is 5.91 Å². The van der Waals surface area contributed by atoms with Crippen LogP contribution in [-0.4, -0.2) is 42.7 Å². The van der Waals surface area contributed by atoms with Crippen LogP contribution in [0.2, 0.25) is 0 Å². The zero-order chi connectivity index (χ0) is 21.8. The van der Waals surface area contributed by atoms with Crippen LogP contribution < -0.4 is 10.1 Å². The monoisotopic (exact) mass is 414 g/mol. The highest BCUT2D eigenvalue weighted by Gasteiger charge is 2.32. The molecule has 0 saturated carbocycles. The molecule has 0 aliphatic rings. The largest absolute Gasteiger partial charge is 0.497 e. The number of benzene rings is 1. The summed E-state index contributed by atoms with van der Waals surface area (Å²) in [4.78, 5) is 27.4. The quantitative estimate of drug-likeness (QED) is 0.409. The number of aromatic nitrogens is 1. The van der Waals surface area contributed by atoms with E-state index in [0.717, 1.165) is 25.7 Å². The van der Waals surface area contributed by atoms with E-state index in [1.807, 2.05) is 0 Å². The van der Waals surface area contributed by atoms with Gasteiger partial charge in [-0.25, -0.2) is 0 Å². The topological polar surface area (TPSA) is 97.8 Å². The van der Waals surface area contributed by atoms with Gasteiger partial charge in [0.15, 0.2) is 0 Å². The maximum absolute atomic E-state index is 12.3. The molecule has 0 saturated heterocycles. The maximum atomic E-state index is 12.3. The van der Waals surface area contributed by atoms with Crippen LogP contribution in [0.5, 0.6) is 5.75 Å². The first-order chi connectivity index (χ1) is 14.5. The van der Waals surface area contributed by atoms with Crippen LogP contribution in [-0.2, 0) is 19.9 Å². The number of hydrogen-bond donors (Lipinski definition) is 2. The lowest BCUT2D eigenvalue weighted by Crippen LogP contribution is -2.41. The van der Waals surface area contributed by atoms with Gasteiger partial charge < -0.3 is 19.9 Å². The Morgan fingerprint density at radius 3 is 2.13 bits per heavy atom. The first-order valence-electron chi connectivity index (χ1n) is 10.1. The first kappa shape index (κ1) is 23.3. The van der Waals surface area contributed by atoms with Crippen molar-refractivity contribution >= 4 is 11.9 Å². The van der Waals surface area contributed by atoms with Crippen LogP contribution in [0.25, 0.3) is 0 Å². The SMILES string of the molecule is COC(=O)CCCCCCC(=O)NCC(O)(c1ccncc1)c1ccc(OC)cc1. The van der Waals surface area contributed by atoms with E-state index in [0.29, 0.717) is 29.7 Å². The molecule has 2 rings (SSSR count). The molecule has 1 amide bonds. The molecule has 1 heterocycles. The molecule has 1 unspecified atom stereocenters. The van der Waals surface area contributed by atoms with Crippen molar-refractivity contribution in [2.45, 2.75) is 44.1 Å². The van der Waals surface area contributed by atoms with Crippen LogP contribution in [0.3, 0.4) is 0 Å². The predicted molar refractivity (Wildman–Crippen MR) is 113 cm³/mol. The number of nitrogens with one attached hydrogen (secondary N) is 1. The van der Waals surface area contributed by atoms with Crippen molar-refractivity contribution in [1.82, 2.24) is 10.3 Å². The molecule has 1 atom stereocenters. The Hall–Kier alpha value is -2.93. The summed E-state index contributed by atoms with van der Waals surface area (Å²) in [5.74, 6) is 0.359. The summed E-state index contributed by atoms with van der Waals surface area (Å²) in [5, 5.41) is 14.3. The highest BCUT2D eigenvalue weighted by Crippen LogP contribution is 2.30. The Bertz CT molecular complexity index is 795. The number of pyridine rings is 1. The highest BCUT2D eigenvalue weighted by atomic mass is 16.5. The van der Waals surface area contributed by atoms with Gasteiger partial charge in [-0.2, -0.15) is 0 Å². The van der Waals surface area contributed by atoms with Crippen molar-refractivity contribution < 1.29 is 24.2 Å². The second-order valence-electron chi connectivity index (χ2n) is 7.09. The van der Waals surface area contributed by atoms with Gasteiger partial charge in [0.05, 0.1) is 20.8 Å². The molecule has 0 spiro atoms. The van der Waals surface area contributed by atoms with Gasteiger partial charge in [0.1, 0.15) is 11.4 Å². The molecule has 30 heavy (non-hydrogen) atoms. The van der Waals surface area contributed by atoms with E-state index in [1.54, 1.807) is 55.9 Å². The van der Waals surface area contributed by atoms with Crippen molar-refractivity contribution in [2.24, 2.45) is 0 Å². The maximum Gasteiger partial charge on any atom is 0.305 e. The highest BCUT2D eigenvalue weighted by molar-refractivity contribution is 5.76. The van der Waals surface area contributed by atoms with Crippen molar-refractivity contribution in [1.29, 1.82) is 0 Å². The third-order valence-corrected chi connectivity index (χ3v) is 5.03. The van der Waals surface area contributed by atoms with Gasteiger partial charge in [-0.3, -0.25) is 14.6 Å². The number of methoxy groups -OCH3 is 2. The van der Waals surface area contributed by atoms with Crippen molar-refractivity contribution in [2.75, 3.05) is 20.8 Å². The van der Waals surface area contributed by atoms with Crippen LogP contribution in [0.1, 0.15) is 49.7 Å². The second kappa shape index (κ2) is 11.9.